The SMILES string of the molecule is CC1(C)OC(=O)C([n+]2cccc3ccccc32)=C(O)O1. The second-order valence-electron chi connectivity index (χ2n) is 4.98. The zero-order chi connectivity index (χ0) is 14.3. The summed E-state index contributed by atoms with van der Waals surface area (Å²) in [6.07, 6.45) is 1.68. The van der Waals surface area contributed by atoms with Crippen molar-refractivity contribution in [3.8, 4) is 0 Å². The third kappa shape index (κ3) is 1.97. The molecule has 2 aromatic rings. The average Bonchev–Trinajstić information content (AvgIpc) is 2.36. The molecule has 5 heteroatoms. The van der Waals surface area contributed by atoms with Gasteiger partial charge >= 0.3 is 17.6 Å². The van der Waals surface area contributed by atoms with E-state index in [0.717, 1.165) is 10.9 Å². The van der Waals surface area contributed by atoms with Crippen LogP contribution in [0.4, 0.5) is 0 Å². The van der Waals surface area contributed by atoms with E-state index in [1.165, 1.54) is 0 Å². The molecule has 102 valence electrons. The highest BCUT2D eigenvalue weighted by atomic mass is 16.8. The van der Waals surface area contributed by atoms with E-state index in [1.54, 1.807) is 30.7 Å². The van der Waals surface area contributed by atoms with Crippen molar-refractivity contribution in [1.29, 1.82) is 0 Å². The van der Waals surface area contributed by atoms with Gasteiger partial charge in [0, 0.05) is 31.4 Å². The van der Waals surface area contributed by atoms with Crippen LogP contribution in [0.15, 0.2) is 48.5 Å². The highest BCUT2D eigenvalue weighted by Gasteiger charge is 2.42. The van der Waals surface area contributed by atoms with Gasteiger partial charge in [-0.15, -0.1) is 4.57 Å². The van der Waals surface area contributed by atoms with E-state index in [0.29, 0.717) is 0 Å². The summed E-state index contributed by atoms with van der Waals surface area (Å²) in [4.78, 5) is 12.1. The standard InChI is InChI=1S/C15H13NO4/c1-15(2)19-13(17)12(14(18)20-15)16-9-5-7-10-6-3-4-8-11(10)16/h3-9H,1-2H3/p+1. The lowest BCUT2D eigenvalue weighted by Crippen LogP contribution is -2.46. The number of nitrogens with zero attached hydrogens (tertiary/aromatic N) is 1. The van der Waals surface area contributed by atoms with Crippen molar-refractivity contribution in [3.05, 3.63) is 48.5 Å². The van der Waals surface area contributed by atoms with Crippen LogP contribution in [0.5, 0.6) is 0 Å². The summed E-state index contributed by atoms with van der Waals surface area (Å²) >= 11 is 0. The molecule has 20 heavy (non-hydrogen) atoms. The molecule has 1 aliphatic heterocycles. The van der Waals surface area contributed by atoms with Crippen LogP contribution in [0.25, 0.3) is 16.6 Å². The number of rotatable bonds is 1. The van der Waals surface area contributed by atoms with Gasteiger partial charge in [0.1, 0.15) is 0 Å². The molecule has 1 aliphatic rings. The Balaban J connectivity index is 2.23. The van der Waals surface area contributed by atoms with Crippen LogP contribution in [-0.2, 0) is 14.3 Å². The monoisotopic (exact) mass is 272 g/mol. The van der Waals surface area contributed by atoms with Gasteiger partial charge < -0.3 is 14.6 Å². The zero-order valence-corrected chi connectivity index (χ0v) is 11.2. The molecule has 5 nitrogen and oxygen atoms in total. The number of esters is 1. The summed E-state index contributed by atoms with van der Waals surface area (Å²) in [5, 5.41) is 11.0. The predicted octanol–water partition coefficient (Wildman–Crippen LogP) is 2.12. The number of ether oxygens (including phenoxy) is 2. The highest BCUT2D eigenvalue weighted by molar-refractivity contribution is 6.07. The van der Waals surface area contributed by atoms with E-state index in [-0.39, 0.29) is 5.70 Å². The lowest BCUT2D eigenvalue weighted by atomic mass is 10.2. The van der Waals surface area contributed by atoms with Crippen LogP contribution >= 0.6 is 0 Å². The van der Waals surface area contributed by atoms with E-state index in [4.69, 9.17) is 9.47 Å². The molecule has 2 heterocycles. The van der Waals surface area contributed by atoms with Gasteiger partial charge in [-0.05, 0) is 12.1 Å². The lowest BCUT2D eigenvalue weighted by Gasteiger charge is -2.28. The molecular weight excluding hydrogens is 258 g/mol. The maximum Gasteiger partial charge on any atom is 0.415 e. The molecule has 0 saturated heterocycles. The van der Waals surface area contributed by atoms with Crippen molar-refractivity contribution in [2.24, 2.45) is 0 Å². The third-order valence-corrected chi connectivity index (χ3v) is 3.02. The molecule has 0 radical (unpaired) electrons. The molecule has 1 aromatic heterocycles. The first-order valence-corrected chi connectivity index (χ1v) is 6.23. The van der Waals surface area contributed by atoms with Gasteiger partial charge in [-0.2, -0.15) is 0 Å². The molecule has 0 unspecified atom stereocenters. The van der Waals surface area contributed by atoms with Gasteiger partial charge in [0.15, 0.2) is 6.20 Å². The molecule has 0 aliphatic carbocycles. The number of hydrogen-bond acceptors (Lipinski definition) is 4. The maximum absolute atomic E-state index is 12.1. The van der Waals surface area contributed by atoms with Crippen LogP contribution < -0.4 is 4.57 Å². The van der Waals surface area contributed by atoms with Crippen LogP contribution in [0.3, 0.4) is 0 Å². The number of carbonyl (C=O) groups is 1. The molecule has 3 rings (SSSR count). The summed E-state index contributed by atoms with van der Waals surface area (Å²) in [5.41, 5.74) is 0.748. The normalized spacial score (nSPS) is 17.8. The van der Waals surface area contributed by atoms with E-state index < -0.39 is 17.7 Å². The fraction of sp³-hybridized carbons (Fsp3) is 0.200. The quantitative estimate of drug-likeness (QED) is 0.638. The first kappa shape index (κ1) is 12.5. The van der Waals surface area contributed by atoms with Crippen molar-refractivity contribution in [3.63, 3.8) is 0 Å². The molecule has 0 saturated carbocycles. The van der Waals surface area contributed by atoms with Crippen molar-refractivity contribution in [2.75, 3.05) is 0 Å². The Kier molecular flexibility index (Phi) is 2.64. The summed E-state index contributed by atoms with van der Waals surface area (Å²) in [6, 6.07) is 11.2. The summed E-state index contributed by atoms with van der Waals surface area (Å²) in [7, 11) is 0. The van der Waals surface area contributed by atoms with E-state index in [1.807, 2.05) is 30.3 Å². The second kappa shape index (κ2) is 4.23. The van der Waals surface area contributed by atoms with Crippen LogP contribution in [0.1, 0.15) is 13.8 Å². The predicted molar refractivity (Wildman–Crippen MR) is 71.2 cm³/mol. The largest absolute Gasteiger partial charge is 0.476 e. The van der Waals surface area contributed by atoms with Crippen molar-refractivity contribution in [1.82, 2.24) is 0 Å². The lowest BCUT2D eigenvalue weighted by molar-refractivity contribution is -0.555. The molecular formula is C15H14NO4+. The van der Waals surface area contributed by atoms with Gasteiger partial charge in [0.2, 0.25) is 5.52 Å². The number of cyclic esters (lactones) is 1. The average molecular weight is 272 g/mol. The molecule has 0 amide bonds. The smallest absolute Gasteiger partial charge is 0.415 e. The third-order valence-electron chi connectivity index (χ3n) is 3.02. The Bertz CT molecular complexity index is 728. The summed E-state index contributed by atoms with van der Waals surface area (Å²) in [6.45, 7) is 3.12. The molecule has 1 aromatic carbocycles. The van der Waals surface area contributed by atoms with Crippen LogP contribution in [0.2, 0.25) is 0 Å². The fourth-order valence-corrected chi connectivity index (χ4v) is 2.22. The van der Waals surface area contributed by atoms with Crippen molar-refractivity contribution in [2.45, 2.75) is 19.6 Å². The van der Waals surface area contributed by atoms with E-state index >= 15 is 0 Å². The second-order valence-corrected chi connectivity index (χ2v) is 4.98. The van der Waals surface area contributed by atoms with E-state index in [2.05, 4.69) is 0 Å². The minimum atomic E-state index is -1.17. The molecule has 0 atom stereocenters. The van der Waals surface area contributed by atoms with Gasteiger partial charge in [-0.25, -0.2) is 4.79 Å². The Morgan fingerprint density at radius 1 is 1.10 bits per heavy atom. The van der Waals surface area contributed by atoms with Gasteiger partial charge in [-0.1, -0.05) is 12.1 Å². The number of aromatic nitrogens is 1. The minimum absolute atomic E-state index is 0.0267. The summed E-state index contributed by atoms with van der Waals surface area (Å²) < 4.78 is 11.9. The van der Waals surface area contributed by atoms with Crippen LogP contribution in [0, 0.1) is 0 Å². The highest BCUT2D eigenvalue weighted by Crippen LogP contribution is 2.25. The Morgan fingerprint density at radius 2 is 1.80 bits per heavy atom. The molecule has 1 N–H and O–H groups in total. The zero-order valence-electron chi connectivity index (χ0n) is 11.2. The van der Waals surface area contributed by atoms with E-state index in [9.17, 15) is 9.90 Å². The van der Waals surface area contributed by atoms with Crippen LogP contribution in [-0.4, -0.2) is 16.9 Å². The summed E-state index contributed by atoms with van der Waals surface area (Å²) in [5.74, 6) is -2.23. The number of carbonyl (C=O) groups excluding carboxylic acids is 1. The van der Waals surface area contributed by atoms with Gasteiger partial charge in [-0.3, -0.25) is 0 Å². The first-order chi connectivity index (χ1) is 9.48. The number of hydrogen-bond donors (Lipinski definition) is 1. The number of para-hydroxylation sites is 1. The minimum Gasteiger partial charge on any atom is -0.476 e. The first-order valence-electron chi connectivity index (χ1n) is 6.23. The van der Waals surface area contributed by atoms with Crippen molar-refractivity contribution >= 4 is 22.6 Å². The Labute approximate surface area is 115 Å². The molecule has 0 bridgehead atoms. The number of aliphatic hydroxyl groups excluding tert-OH is 1. The molecule has 0 spiro atoms. The van der Waals surface area contributed by atoms with Gasteiger partial charge in [0.25, 0.3) is 5.79 Å². The maximum atomic E-state index is 12.1. The topological polar surface area (TPSA) is 59.6 Å². The number of benzene rings is 1. The number of pyridine rings is 1. The number of aliphatic hydroxyl groups is 1. The van der Waals surface area contributed by atoms with Gasteiger partial charge in [0.05, 0.1) is 0 Å². The van der Waals surface area contributed by atoms with Crippen molar-refractivity contribution < 1.29 is 23.9 Å². The molecule has 0 fully saturated rings. The number of fused-ring (bicyclic) bond motifs is 1. The fourth-order valence-electron chi connectivity index (χ4n) is 2.22. The Hall–Kier alpha value is -2.56. The Morgan fingerprint density at radius 3 is 2.55 bits per heavy atom.